The van der Waals surface area contributed by atoms with E-state index in [-0.39, 0.29) is 4.90 Å². The first-order valence-electron chi connectivity index (χ1n) is 11.2. The van der Waals surface area contributed by atoms with Crippen molar-refractivity contribution in [3.63, 3.8) is 0 Å². The van der Waals surface area contributed by atoms with Crippen molar-refractivity contribution in [2.45, 2.75) is 56.8 Å². The van der Waals surface area contributed by atoms with Gasteiger partial charge in [-0.15, -0.1) is 0 Å². The van der Waals surface area contributed by atoms with Crippen LogP contribution in [0.2, 0.25) is 0 Å². The average Bonchev–Trinajstić information content (AvgIpc) is 3.32. The summed E-state index contributed by atoms with van der Waals surface area (Å²) in [6, 6.07) is 13.7. The predicted octanol–water partition coefficient (Wildman–Crippen LogP) is 5.93. The Morgan fingerprint density at radius 1 is 0.906 bits per heavy atom. The molecule has 0 atom stereocenters. The summed E-state index contributed by atoms with van der Waals surface area (Å²) in [5, 5.41) is 0. The van der Waals surface area contributed by atoms with E-state index in [1.165, 1.54) is 48.5 Å². The Morgan fingerprint density at radius 2 is 1.62 bits per heavy atom. The van der Waals surface area contributed by atoms with E-state index in [2.05, 4.69) is 11.9 Å². The molecule has 6 nitrogen and oxygen atoms in total. The number of nitrogens with zero attached hydrogens (tertiary/aromatic N) is 2. The third kappa shape index (κ3) is 5.91. The summed E-state index contributed by atoms with van der Waals surface area (Å²) < 4.78 is 38.7. The fraction of sp³-hybridized carbons (Fsp3) is 0.400. The fourth-order valence-corrected chi connectivity index (χ4v) is 4.88. The molecule has 172 valence electrons. The molecule has 0 aliphatic carbocycles. The van der Waals surface area contributed by atoms with Gasteiger partial charge in [-0.1, -0.05) is 63.6 Å². The van der Waals surface area contributed by atoms with Crippen molar-refractivity contribution in [3.05, 3.63) is 60.9 Å². The Morgan fingerprint density at radius 3 is 2.34 bits per heavy atom. The second-order valence-electron chi connectivity index (χ2n) is 7.70. The topological polar surface area (TPSA) is 70.4 Å². The molecule has 0 amide bonds. The Bertz CT molecular complexity index is 1080. The number of hydrogen-bond donors (Lipinski definition) is 0. The van der Waals surface area contributed by atoms with Crippen LogP contribution in [-0.2, 0) is 10.0 Å². The molecule has 0 aliphatic rings. The molecule has 7 heteroatoms. The first-order valence-corrected chi connectivity index (χ1v) is 12.7. The Labute approximate surface area is 191 Å². The minimum atomic E-state index is -3.75. The lowest BCUT2D eigenvalue weighted by Crippen LogP contribution is -2.13. The maximum atomic E-state index is 13.1. The molecule has 3 rings (SSSR count). The predicted molar refractivity (Wildman–Crippen MR) is 127 cm³/mol. The molecule has 0 radical (unpaired) electrons. The number of methoxy groups -OCH3 is 1. The van der Waals surface area contributed by atoms with Gasteiger partial charge in [0.2, 0.25) is 0 Å². The molecule has 0 N–H and O–H groups in total. The first-order chi connectivity index (χ1) is 15.6. The summed E-state index contributed by atoms with van der Waals surface area (Å²) in [4.78, 5) is 4.50. The number of aromatic nitrogens is 2. The molecule has 0 bridgehead atoms. The highest BCUT2D eigenvalue weighted by atomic mass is 32.2. The number of rotatable bonds is 13. The van der Waals surface area contributed by atoms with Crippen LogP contribution < -0.4 is 9.47 Å². The Hall–Kier alpha value is -2.80. The van der Waals surface area contributed by atoms with Gasteiger partial charge in [0.25, 0.3) is 10.0 Å². The monoisotopic (exact) mass is 456 g/mol. The van der Waals surface area contributed by atoms with Crippen molar-refractivity contribution >= 4 is 10.0 Å². The highest BCUT2D eigenvalue weighted by Gasteiger charge is 2.21. The van der Waals surface area contributed by atoms with Crippen LogP contribution >= 0.6 is 0 Å². The van der Waals surface area contributed by atoms with Crippen LogP contribution in [0.15, 0.2) is 65.8 Å². The van der Waals surface area contributed by atoms with Crippen LogP contribution in [-0.4, -0.2) is 31.1 Å². The van der Waals surface area contributed by atoms with Crippen LogP contribution in [0, 0.1) is 0 Å². The van der Waals surface area contributed by atoms with Gasteiger partial charge in [-0.3, -0.25) is 0 Å². The summed E-state index contributed by atoms with van der Waals surface area (Å²) in [5.74, 6) is 1.52. The smallest absolute Gasteiger partial charge is 0.269 e. The van der Waals surface area contributed by atoms with Gasteiger partial charge in [0.05, 0.1) is 18.6 Å². The SMILES string of the molecule is CCCCCCCCCOc1ccc(-c2nccn2S(=O)(=O)c2ccccc2)cc1OC. The molecule has 1 heterocycles. The maximum absolute atomic E-state index is 13.1. The van der Waals surface area contributed by atoms with E-state index in [4.69, 9.17) is 9.47 Å². The summed E-state index contributed by atoms with van der Waals surface area (Å²) in [6.07, 6.45) is 11.5. The van der Waals surface area contributed by atoms with Crippen molar-refractivity contribution < 1.29 is 17.9 Å². The zero-order valence-electron chi connectivity index (χ0n) is 18.9. The zero-order valence-corrected chi connectivity index (χ0v) is 19.7. The van der Waals surface area contributed by atoms with Crippen molar-refractivity contribution in [1.82, 2.24) is 8.96 Å². The summed E-state index contributed by atoms with van der Waals surface area (Å²) in [5.41, 5.74) is 0.634. The molecule has 32 heavy (non-hydrogen) atoms. The van der Waals surface area contributed by atoms with Gasteiger partial charge >= 0.3 is 0 Å². The van der Waals surface area contributed by atoms with Crippen LogP contribution in [0.5, 0.6) is 11.5 Å². The minimum absolute atomic E-state index is 0.209. The van der Waals surface area contributed by atoms with Crippen LogP contribution in [0.4, 0.5) is 0 Å². The van der Waals surface area contributed by atoms with E-state index < -0.39 is 10.0 Å². The largest absolute Gasteiger partial charge is 0.493 e. The average molecular weight is 457 g/mol. The normalized spacial score (nSPS) is 11.4. The third-order valence-corrected chi connectivity index (χ3v) is 7.02. The number of unbranched alkanes of at least 4 members (excludes halogenated alkanes) is 6. The Balaban J connectivity index is 1.69. The van der Waals surface area contributed by atoms with Gasteiger partial charge in [-0.05, 0) is 36.8 Å². The lowest BCUT2D eigenvalue weighted by Gasteiger charge is -2.13. The van der Waals surface area contributed by atoms with Gasteiger partial charge in [0.15, 0.2) is 17.3 Å². The molecule has 3 aromatic rings. The molecular weight excluding hydrogens is 424 g/mol. The van der Waals surface area contributed by atoms with Crippen LogP contribution in [0.3, 0.4) is 0 Å². The molecule has 0 saturated heterocycles. The summed E-state index contributed by atoms with van der Waals surface area (Å²) in [6.45, 7) is 2.85. The molecule has 0 saturated carbocycles. The lowest BCUT2D eigenvalue weighted by molar-refractivity contribution is 0.284. The van der Waals surface area contributed by atoms with Crippen molar-refractivity contribution in [1.29, 1.82) is 0 Å². The highest BCUT2D eigenvalue weighted by Crippen LogP contribution is 2.33. The van der Waals surface area contributed by atoms with E-state index in [0.717, 1.165) is 12.8 Å². The van der Waals surface area contributed by atoms with E-state index in [0.29, 0.717) is 29.5 Å². The van der Waals surface area contributed by atoms with Gasteiger partial charge in [0, 0.05) is 18.0 Å². The van der Waals surface area contributed by atoms with Crippen LogP contribution in [0.1, 0.15) is 51.9 Å². The standard InChI is InChI=1S/C25H32N2O4S/c1-3-4-5-6-7-8-12-19-31-23-16-15-21(20-24(23)30-2)25-26-17-18-27(25)32(28,29)22-13-10-9-11-14-22/h9-11,13-18,20H,3-8,12,19H2,1-2H3. The lowest BCUT2D eigenvalue weighted by atomic mass is 10.1. The molecule has 2 aromatic carbocycles. The molecular formula is C25H32N2O4S. The maximum Gasteiger partial charge on any atom is 0.269 e. The van der Waals surface area contributed by atoms with Gasteiger partial charge in [-0.25, -0.2) is 17.4 Å². The second kappa shape index (κ2) is 11.7. The van der Waals surface area contributed by atoms with Gasteiger partial charge in [0.1, 0.15) is 0 Å². The fourth-order valence-electron chi connectivity index (χ4n) is 3.56. The molecule has 0 fully saturated rings. The molecule has 1 aromatic heterocycles. The third-order valence-electron chi connectivity index (χ3n) is 5.33. The van der Waals surface area contributed by atoms with E-state index >= 15 is 0 Å². The van der Waals surface area contributed by atoms with E-state index in [9.17, 15) is 8.42 Å². The molecule has 0 aliphatic heterocycles. The van der Waals surface area contributed by atoms with Crippen molar-refractivity contribution in [2.24, 2.45) is 0 Å². The van der Waals surface area contributed by atoms with Crippen molar-refractivity contribution in [2.75, 3.05) is 13.7 Å². The number of benzene rings is 2. The minimum Gasteiger partial charge on any atom is -0.493 e. The zero-order chi connectivity index (χ0) is 22.8. The molecule has 0 unspecified atom stereocenters. The quantitative estimate of drug-likeness (QED) is 0.298. The molecule has 0 spiro atoms. The Kier molecular flexibility index (Phi) is 8.73. The summed E-state index contributed by atoms with van der Waals surface area (Å²) >= 11 is 0. The van der Waals surface area contributed by atoms with Gasteiger partial charge < -0.3 is 9.47 Å². The van der Waals surface area contributed by atoms with E-state index in [1.54, 1.807) is 43.5 Å². The number of imidazole rings is 1. The summed E-state index contributed by atoms with van der Waals surface area (Å²) in [7, 11) is -2.17. The highest BCUT2D eigenvalue weighted by molar-refractivity contribution is 7.90. The van der Waals surface area contributed by atoms with Gasteiger partial charge in [-0.2, -0.15) is 0 Å². The van der Waals surface area contributed by atoms with Crippen LogP contribution in [0.25, 0.3) is 11.4 Å². The number of ether oxygens (including phenoxy) is 2. The number of hydrogen-bond acceptors (Lipinski definition) is 5. The van der Waals surface area contributed by atoms with E-state index in [1.807, 2.05) is 12.1 Å². The van der Waals surface area contributed by atoms with Crippen molar-refractivity contribution in [3.8, 4) is 22.9 Å². The first kappa shape index (κ1) is 23.9. The second-order valence-corrected chi connectivity index (χ2v) is 9.52.